The molecule has 1 saturated heterocycles. The Balaban J connectivity index is 1.78. The van der Waals surface area contributed by atoms with Crippen molar-refractivity contribution in [3.63, 3.8) is 0 Å². The lowest BCUT2D eigenvalue weighted by atomic mass is 10.1. The Morgan fingerprint density at radius 3 is 2.34 bits per heavy atom. The van der Waals surface area contributed by atoms with Crippen LogP contribution < -0.4 is 5.32 Å². The van der Waals surface area contributed by atoms with Crippen LogP contribution in [0.5, 0.6) is 0 Å². The largest absolute Gasteiger partial charge is 0.481 e. The number of nitrogens with one attached hydrogen (secondary N) is 1. The number of carboxylic acids is 1. The predicted octanol–water partition coefficient (Wildman–Crippen LogP) is 2.75. The van der Waals surface area contributed by atoms with E-state index in [1.807, 2.05) is 30.3 Å². The molecule has 2 aromatic rings. The first-order valence-corrected chi connectivity index (χ1v) is 13.0. The molecule has 1 aliphatic heterocycles. The summed E-state index contributed by atoms with van der Waals surface area (Å²) in [5.74, 6) is -1.63. The molecule has 1 unspecified atom stereocenters. The zero-order chi connectivity index (χ0) is 27.5. The number of aryl methyl sites for hydroxylation is 1. The van der Waals surface area contributed by atoms with Gasteiger partial charge in [-0.15, -0.1) is 0 Å². The zero-order valence-corrected chi connectivity index (χ0v) is 21.9. The summed E-state index contributed by atoms with van der Waals surface area (Å²) in [5, 5.41) is 11.9. The van der Waals surface area contributed by atoms with Gasteiger partial charge in [-0.3, -0.25) is 14.4 Å². The van der Waals surface area contributed by atoms with Crippen LogP contribution in [0.1, 0.15) is 55.7 Å². The number of aromatic nitrogens is 2. The molecule has 11 heteroatoms. The molecule has 1 fully saturated rings. The molecule has 0 radical (unpaired) electrons. The monoisotopic (exact) mass is 525 g/mol. The second-order valence-corrected chi connectivity index (χ2v) is 9.01. The van der Waals surface area contributed by atoms with Crippen molar-refractivity contribution >= 4 is 23.9 Å². The highest BCUT2D eigenvalue weighted by atomic mass is 16.6. The van der Waals surface area contributed by atoms with E-state index >= 15 is 0 Å². The number of carbonyl (C=O) groups is 4. The first-order valence-electron chi connectivity index (χ1n) is 13.0. The van der Waals surface area contributed by atoms with E-state index in [1.165, 1.54) is 9.80 Å². The number of unbranched alkanes of at least 4 members (excludes halogenated alkanes) is 1. The number of benzene rings is 1. The number of hydrogen-bond donors (Lipinski definition) is 2. The first kappa shape index (κ1) is 28.5. The van der Waals surface area contributed by atoms with Gasteiger partial charge < -0.3 is 25.0 Å². The molecule has 204 valence electrons. The van der Waals surface area contributed by atoms with E-state index in [2.05, 4.69) is 22.2 Å². The van der Waals surface area contributed by atoms with Crippen molar-refractivity contribution in [2.75, 3.05) is 32.8 Å². The third-order valence-corrected chi connectivity index (χ3v) is 6.20. The minimum absolute atomic E-state index is 0.0721. The van der Waals surface area contributed by atoms with Crippen LogP contribution >= 0.6 is 0 Å². The van der Waals surface area contributed by atoms with Gasteiger partial charge in [-0.05, 0) is 32.3 Å². The van der Waals surface area contributed by atoms with Crippen molar-refractivity contribution in [1.29, 1.82) is 0 Å². The van der Waals surface area contributed by atoms with Crippen molar-refractivity contribution < 1.29 is 29.0 Å². The number of piperazine rings is 1. The molecule has 2 heterocycles. The Kier molecular flexibility index (Phi) is 10.6. The zero-order valence-electron chi connectivity index (χ0n) is 21.9. The van der Waals surface area contributed by atoms with E-state index in [1.54, 1.807) is 13.0 Å². The number of hydrogen-bond acceptors (Lipinski definition) is 7. The van der Waals surface area contributed by atoms with Gasteiger partial charge in [0.05, 0.1) is 6.61 Å². The summed E-state index contributed by atoms with van der Waals surface area (Å²) < 4.78 is 5.02. The van der Waals surface area contributed by atoms with Gasteiger partial charge in [0, 0.05) is 43.9 Å². The molecular formula is C27H35N5O6. The molecule has 0 spiro atoms. The number of carboxylic acid groups (broad SMARTS) is 1. The second-order valence-electron chi connectivity index (χ2n) is 9.01. The fraction of sp³-hybridized carbons (Fsp3) is 0.481. The van der Waals surface area contributed by atoms with Gasteiger partial charge in [-0.1, -0.05) is 43.7 Å². The van der Waals surface area contributed by atoms with Crippen LogP contribution in [0.4, 0.5) is 4.79 Å². The Hall–Kier alpha value is -4.02. The number of carbonyl (C=O) groups excluding carboxylic acids is 3. The van der Waals surface area contributed by atoms with Gasteiger partial charge in [-0.2, -0.15) is 0 Å². The molecule has 1 aromatic heterocycles. The molecule has 38 heavy (non-hydrogen) atoms. The summed E-state index contributed by atoms with van der Waals surface area (Å²) in [5.41, 5.74) is 1.59. The maximum atomic E-state index is 13.3. The molecule has 2 N–H and O–H groups in total. The van der Waals surface area contributed by atoms with E-state index in [0.717, 1.165) is 18.4 Å². The molecule has 1 aliphatic rings. The smallest absolute Gasteiger partial charge is 0.409 e. The molecule has 11 nitrogen and oxygen atoms in total. The van der Waals surface area contributed by atoms with Gasteiger partial charge in [0.1, 0.15) is 11.7 Å². The van der Waals surface area contributed by atoms with Crippen LogP contribution in [-0.4, -0.2) is 87.6 Å². The number of nitrogens with zero attached hydrogens (tertiary/aromatic N) is 4. The number of ether oxygens (including phenoxy) is 1. The molecule has 1 aromatic carbocycles. The minimum atomic E-state index is -1.07. The SMILES string of the molecule is CCCCc1cc(C(=O)NC(CCC(=O)O)C(=O)N2CCN(C(=O)OCC)CC2)nc(-c2ccccc2)n1. The number of aliphatic carboxylic acids is 1. The normalized spacial score (nSPS) is 14.1. The molecule has 0 saturated carbocycles. The second kappa shape index (κ2) is 14.1. The topological polar surface area (TPSA) is 142 Å². The van der Waals surface area contributed by atoms with E-state index in [0.29, 0.717) is 17.9 Å². The van der Waals surface area contributed by atoms with E-state index < -0.39 is 29.9 Å². The fourth-order valence-corrected chi connectivity index (χ4v) is 4.12. The number of rotatable bonds is 11. The lowest BCUT2D eigenvalue weighted by Gasteiger charge is -2.35. The van der Waals surface area contributed by atoms with Crippen molar-refractivity contribution in [2.24, 2.45) is 0 Å². The quantitative estimate of drug-likeness (QED) is 0.456. The summed E-state index contributed by atoms with van der Waals surface area (Å²) in [6.07, 6.45) is 1.72. The molecule has 3 rings (SSSR count). The lowest BCUT2D eigenvalue weighted by Crippen LogP contribution is -2.56. The van der Waals surface area contributed by atoms with E-state index in [4.69, 9.17) is 4.74 Å². The van der Waals surface area contributed by atoms with Crippen LogP contribution in [-0.2, 0) is 20.7 Å². The third-order valence-electron chi connectivity index (χ3n) is 6.20. The summed E-state index contributed by atoms with van der Waals surface area (Å²) in [7, 11) is 0. The molecule has 0 aliphatic carbocycles. The Labute approximate surface area is 222 Å². The lowest BCUT2D eigenvalue weighted by molar-refractivity contribution is -0.138. The van der Waals surface area contributed by atoms with Crippen LogP contribution in [0.15, 0.2) is 36.4 Å². The average molecular weight is 526 g/mol. The highest BCUT2D eigenvalue weighted by molar-refractivity contribution is 5.96. The van der Waals surface area contributed by atoms with Crippen LogP contribution in [0.2, 0.25) is 0 Å². The maximum Gasteiger partial charge on any atom is 0.409 e. The highest BCUT2D eigenvalue weighted by Crippen LogP contribution is 2.17. The van der Waals surface area contributed by atoms with E-state index in [9.17, 15) is 24.3 Å². The van der Waals surface area contributed by atoms with Gasteiger partial charge in [0.25, 0.3) is 5.91 Å². The summed E-state index contributed by atoms with van der Waals surface area (Å²) >= 11 is 0. The maximum absolute atomic E-state index is 13.3. The minimum Gasteiger partial charge on any atom is -0.481 e. The predicted molar refractivity (Wildman–Crippen MR) is 139 cm³/mol. The fourth-order valence-electron chi connectivity index (χ4n) is 4.12. The van der Waals surface area contributed by atoms with Gasteiger partial charge >= 0.3 is 12.1 Å². The van der Waals surface area contributed by atoms with Crippen LogP contribution in [0.25, 0.3) is 11.4 Å². The van der Waals surface area contributed by atoms with Crippen molar-refractivity contribution in [1.82, 2.24) is 25.1 Å². The number of amides is 3. The van der Waals surface area contributed by atoms with Crippen molar-refractivity contribution in [3.8, 4) is 11.4 Å². The average Bonchev–Trinajstić information content (AvgIpc) is 2.94. The van der Waals surface area contributed by atoms with Crippen LogP contribution in [0, 0.1) is 0 Å². The van der Waals surface area contributed by atoms with Crippen molar-refractivity contribution in [3.05, 3.63) is 47.8 Å². The molecular weight excluding hydrogens is 490 g/mol. The molecule has 0 bridgehead atoms. The van der Waals surface area contributed by atoms with Gasteiger partial charge in [0.2, 0.25) is 5.91 Å². The van der Waals surface area contributed by atoms with Gasteiger partial charge in [-0.25, -0.2) is 14.8 Å². The third kappa shape index (κ3) is 7.99. The first-order chi connectivity index (χ1) is 18.3. The Bertz CT molecular complexity index is 1120. The van der Waals surface area contributed by atoms with Crippen molar-refractivity contribution in [2.45, 2.75) is 52.0 Å². The summed E-state index contributed by atoms with van der Waals surface area (Å²) in [6, 6.07) is 9.88. The summed E-state index contributed by atoms with van der Waals surface area (Å²) in [6.45, 7) is 5.14. The Morgan fingerprint density at radius 1 is 1.03 bits per heavy atom. The molecule has 3 amide bonds. The summed E-state index contributed by atoms with van der Waals surface area (Å²) in [4.78, 5) is 62.0. The van der Waals surface area contributed by atoms with Crippen LogP contribution in [0.3, 0.4) is 0 Å². The standard InChI is InChI=1S/C27H35N5O6/c1-3-5-11-20-18-22(29-24(28-20)19-9-7-6-8-10-19)25(35)30-21(12-13-23(33)34)26(36)31-14-16-32(17-15-31)27(37)38-4-2/h6-10,18,21H,3-5,11-17H2,1-2H3,(H,30,35)(H,33,34). The molecule has 1 atom stereocenters. The highest BCUT2D eigenvalue weighted by Gasteiger charge is 2.31. The van der Waals surface area contributed by atoms with E-state index in [-0.39, 0.29) is 51.3 Å². The van der Waals surface area contributed by atoms with Gasteiger partial charge in [0.15, 0.2) is 5.82 Å². The Morgan fingerprint density at radius 2 is 1.71 bits per heavy atom.